The summed E-state index contributed by atoms with van der Waals surface area (Å²) >= 11 is 0. The van der Waals surface area contributed by atoms with Crippen LogP contribution in [0.3, 0.4) is 0 Å². The number of hydrogen-bond acceptors (Lipinski definition) is 3. The van der Waals surface area contributed by atoms with E-state index in [1.807, 2.05) is 6.07 Å². The van der Waals surface area contributed by atoms with E-state index >= 15 is 0 Å². The fourth-order valence-corrected chi connectivity index (χ4v) is 3.69. The maximum atomic E-state index is 13.7. The molecule has 1 aromatic heterocycles. The van der Waals surface area contributed by atoms with E-state index in [0.717, 1.165) is 44.1 Å². The lowest BCUT2D eigenvalue weighted by atomic mass is 9.78. The van der Waals surface area contributed by atoms with Crippen molar-refractivity contribution < 1.29 is 9.18 Å². The number of rotatable bonds is 7. The Balaban J connectivity index is 1.70. The molecule has 1 aliphatic carbocycles. The normalized spacial score (nSPS) is 15.5. The fraction of sp³-hybridized carbons (Fsp3) is 0.450. The molecular formula is C20H23FN4O. The minimum Gasteiger partial charge on any atom is -0.323 e. The van der Waals surface area contributed by atoms with E-state index in [4.69, 9.17) is 5.26 Å². The number of carbonyl (C=O) groups is 1. The van der Waals surface area contributed by atoms with Crippen molar-refractivity contribution in [2.75, 3.05) is 5.32 Å². The van der Waals surface area contributed by atoms with Gasteiger partial charge in [0.15, 0.2) is 0 Å². The number of anilines is 1. The molecule has 0 atom stereocenters. The van der Waals surface area contributed by atoms with Crippen molar-refractivity contribution in [3.63, 3.8) is 0 Å². The number of unbranched alkanes of at least 4 members (excludes halogenated alkanes) is 2. The number of halogens is 1. The summed E-state index contributed by atoms with van der Waals surface area (Å²) < 4.78 is 15.5. The first-order chi connectivity index (χ1) is 12.6. The predicted molar refractivity (Wildman–Crippen MR) is 96.9 cm³/mol. The Morgan fingerprint density at radius 3 is 2.88 bits per heavy atom. The van der Waals surface area contributed by atoms with Crippen molar-refractivity contribution in [3.8, 4) is 6.07 Å². The number of nitrogens with zero attached hydrogens (tertiary/aromatic N) is 3. The number of aryl methyl sites for hydroxylation is 1. The molecule has 0 radical (unpaired) electrons. The maximum absolute atomic E-state index is 13.7. The lowest BCUT2D eigenvalue weighted by Gasteiger charge is -2.28. The van der Waals surface area contributed by atoms with Crippen LogP contribution in [-0.4, -0.2) is 15.7 Å². The molecule has 3 rings (SSSR count). The summed E-state index contributed by atoms with van der Waals surface area (Å²) in [6, 6.07) is 8.51. The third kappa shape index (κ3) is 3.93. The van der Waals surface area contributed by atoms with Gasteiger partial charge >= 0.3 is 0 Å². The number of carbonyl (C=O) groups excluding carboxylic acids is 1. The highest BCUT2D eigenvalue weighted by Crippen LogP contribution is 2.42. The van der Waals surface area contributed by atoms with E-state index in [0.29, 0.717) is 18.7 Å². The van der Waals surface area contributed by atoms with Gasteiger partial charge in [-0.25, -0.2) is 4.39 Å². The summed E-state index contributed by atoms with van der Waals surface area (Å²) in [5, 5.41) is 15.8. The van der Waals surface area contributed by atoms with Crippen LogP contribution in [0.1, 0.15) is 50.5 Å². The minimum absolute atomic E-state index is 0.0929. The number of amides is 1. The molecule has 1 saturated carbocycles. The van der Waals surface area contributed by atoms with E-state index in [9.17, 15) is 9.18 Å². The van der Waals surface area contributed by atoms with Crippen LogP contribution in [0, 0.1) is 17.1 Å². The number of benzene rings is 1. The number of hydrogen-bond donors (Lipinski definition) is 1. The van der Waals surface area contributed by atoms with E-state index in [1.54, 1.807) is 23.1 Å². The van der Waals surface area contributed by atoms with Crippen LogP contribution in [0.4, 0.5) is 10.1 Å². The fourth-order valence-electron chi connectivity index (χ4n) is 3.69. The standard InChI is InChI=1S/C20H23FN4O/c21-17-8-6-7-16(13-17)20(9-2-3-10-20)19(26)24-18-14-23-25(15-18)12-5-1-4-11-22/h6-8,13-15H,1-5,9-10,12H2,(H,24,26). The molecule has 26 heavy (non-hydrogen) atoms. The zero-order chi connectivity index (χ0) is 18.4. The Kier molecular flexibility index (Phi) is 5.67. The van der Waals surface area contributed by atoms with Crippen LogP contribution in [0.2, 0.25) is 0 Å². The zero-order valence-electron chi connectivity index (χ0n) is 14.7. The largest absolute Gasteiger partial charge is 0.323 e. The van der Waals surface area contributed by atoms with Gasteiger partial charge in [-0.2, -0.15) is 10.4 Å². The first-order valence-electron chi connectivity index (χ1n) is 9.11. The SMILES string of the molecule is N#CCCCCn1cc(NC(=O)C2(c3cccc(F)c3)CCCC2)cn1. The second-order valence-corrected chi connectivity index (χ2v) is 6.86. The molecule has 1 N–H and O–H groups in total. The lowest BCUT2D eigenvalue weighted by Crippen LogP contribution is -2.38. The van der Waals surface area contributed by atoms with Gasteiger partial charge < -0.3 is 5.32 Å². The second kappa shape index (κ2) is 8.13. The monoisotopic (exact) mass is 354 g/mol. The maximum Gasteiger partial charge on any atom is 0.235 e. The first-order valence-corrected chi connectivity index (χ1v) is 9.11. The molecule has 6 heteroatoms. The lowest BCUT2D eigenvalue weighted by molar-refractivity contribution is -0.121. The molecule has 0 bridgehead atoms. The van der Waals surface area contributed by atoms with E-state index in [2.05, 4.69) is 16.5 Å². The summed E-state index contributed by atoms with van der Waals surface area (Å²) in [7, 11) is 0. The molecule has 1 aromatic carbocycles. The highest BCUT2D eigenvalue weighted by Gasteiger charge is 2.43. The predicted octanol–water partition coefficient (Wildman–Crippen LogP) is 4.17. The van der Waals surface area contributed by atoms with E-state index < -0.39 is 5.41 Å². The third-order valence-corrected chi connectivity index (χ3v) is 5.09. The number of nitrogens with one attached hydrogen (secondary N) is 1. The Hall–Kier alpha value is -2.68. The summed E-state index contributed by atoms with van der Waals surface area (Å²) in [6.45, 7) is 0.715. The molecule has 1 fully saturated rings. The van der Waals surface area contributed by atoms with E-state index in [1.165, 1.54) is 12.1 Å². The molecule has 1 amide bonds. The Bertz CT molecular complexity index is 802. The smallest absolute Gasteiger partial charge is 0.235 e. The first kappa shape index (κ1) is 18.1. The van der Waals surface area contributed by atoms with Crippen LogP contribution in [0.25, 0.3) is 0 Å². The minimum atomic E-state index is -0.670. The van der Waals surface area contributed by atoms with Gasteiger partial charge in [0.2, 0.25) is 5.91 Å². The second-order valence-electron chi connectivity index (χ2n) is 6.86. The highest BCUT2D eigenvalue weighted by molar-refractivity contribution is 5.99. The van der Waals surface area contributed by atoms with Crippen molar-refractivity contribution in [1.82, 2.24) is 9.78 Å². The van der Waals surface area contributed by atoms with Gasteiger partial charge in [0.05, 0.1) is 23.4 Å². The average Bonchev–Trinajstić information content (AvgIpc) is 3.29. The Labute approximate surface area is 152 Å². The van der Waals surface area contributed by atoms with Gasteiger partial charge in [-0.1, -0.05) is 25.0 Å². The van der Waals surface area contributed by atoms with Crippen LogP contribution in [-0.2, 0) is 16.8 Å². The van der Waals surface area contributed by atoms with Crippen molar-refractivity contribution in [1.29, 1.82) is 5.26 Å². The Morgan fingerprint density at radius 2 is 2.15 bits per heavy atom. The molecular weight excluding hydrogens is 331 g/mol. The van der Waals surface area contributed by atoms with Crippen molar-refractivity contribution >= 4 is 11.6 Å². The van der Waals surface area contributed by atoms with Gasteiger partial charge in [-0.15, -0.1) is 0 Å². The molecule has 1 aliphatic rings. The van der Waals surface area contributed by atoms with Crippen molar-refractivity contribution in [3.05, 3.63) is 48.0 Å². The summed E-state index contributed by atoms with van der Waals surface area (Å²) in [4.78, 5) is 13.1. The van der Waals surface area contributed by atoms with E-state index in [-0.39, 0.29) is 11.7 Å². The molecule has 0 saturated heterocycles. The van der Waals surface area contributed by atoms with Crippen LogP contribution >= 0.6 is 0 Å². The average molecular weight is 354 g/mol. The third-order valence-electron chi connectivity index (χ3n) is 5.09. The zero-order valence-corrected chi connectivity index (χ0v) is 14.7. The summed E-state index contributed by atoms with van der Waals surface area (Å²) in [5.74, 6) is -0.406. The molecule has 1 heterocycles. The van der Waals surface area contributed by atoms with Crippen LogP contribution in [0.15, 0.2) is 36.7 Å². The topological polar surface area (TPSA) is 70.7 Å². The van der Waals surface area contributed by atoms with Crippen molar-refractivity contribution in [2.45, 2.75) is 56.9 Å². The van der Waals surface area contributed by atoms with Gasteiger partial charge in [0.1, 0.15) is 5.82 Å². The molecule has 5 nitrogen and oxygen atoms in total. The Morgan fingerprint density at radius 1 is 1.35 bits per heavy atom. The summed E-state index contributed by atoms with van der Waals surface area (Å²) in [6.07, 6.45) is 9.06. The van der Waals surface area contributed by atoms with Gasteiger partial charge in [-0.3, -0.25) is 9.48 Å². The van der Waals surface area contributed by atoms with Gasteiger partial charge in [0.25, 0.3) is 0 Å². The molecule has 0 spiro atoms. The van der Waals surface area contributed by atoms with Crippen LogP contribution in [0.5, 0.6) is 0 Å². The van der Waals surface area contributed by atoms with Crippen molar-refractivity contribution in [2.24, 2.45) is 0 Å². The quantitative estimate of drug-likeness (QED) is 0.759. The molecule has 2 aromatic rings. The highest BCUT2D eigenvalue weighted by atomic mass is 19.1. The molecule has 0 aliphatic heterocycles. The van der Waals surface area contributed by atoms with Gasteiger partial charge in [0, 0.05) is 19.2 Å². The van der Waals surface area contributed by atoms with Gasteiger partial charge in [-0.05, 0) is 43.4 Å². The van der Waals surface area contributed by atoms with Crippen LogP contribution < -0.4 is 5.32 Å². The molecule has 136 valence electrons. The number of aromatic nitrogens is 2. The number of nitriles is 1. The molecule has 0 unspecified atom stereocenters. The summed E-state index contributed by atoms with van der Waals surface area (Å²) in [5.41, 5.74) is 0.728.